The highest BCUT2D eigenvalue weighted by Crippen LogP contribution is 2.24. The number of hydrogen-bond donors (Lipinski definition) is 1. The van der Waals surface area contributed by atoms with Crippen molar-refractivity contribution in [3.63, 3.8) is 0 Å². The minimum absolute atomic E-state index is 0.125. The van der Waals surface area contributed by atoms with Crippen LogP contribution in [0.3, 0.4) is 0 Å². The van der Waals surface area contributed by atoms with Crippen molar-refractivity contribution >= 4 is 17.6 Å². The number of nitriles is 1. The molecule has 0 saturated heterocycles. The summed E-state index contributed by atoms with van der Waals surface area (Å²) in [5.41, 5.74) is 6.93. The zero-order valence-electron chi connectivity index (χ0n) is 12.8. The van der Waals surface area contributed by atoms with E-state index in [0.717, 1.165) is 10.8 Å². The van der Waals surface area contributed by atoms with Crippen LogP contribution < -0.4 is 11.3 Å². The second-order valence-corrected chi connectivity index (χ2v) is 5.00. The maximum atomic E-state index is 12.5. The van der Waals surface area contributed by atoms with E-state index in [1.807, 2.05) is 6.07 Å². The molecule has 0 amide bonds. The quantitative estimate of drug-likeness (QED) is 0.836. The normalized spacial score (nSPS) is 15.4. The van der Waals surface area contributed by atoms with E-state index >= 15 is 0 Å². The van der Waals surface area contributed by atoms with E-state index in [9.17, 15) is 9.59 Å². The molecule has 0 spiro atoms. The number of aliphatic imine (C=N–C) groups is 1. The van der Waals surface area contributed by atoms with Gasteiger partial charge in [0.15, 0.2) is 0 Å². The predicted octanol–water partition coefficient (Wildman–Crippen LogP) is 0.883. The van der Waals surface area contributed by atoms with Crippen molar-refractivity contribution < 1.29 is 9.53 Å². The Morgan fingerprint density at radius 1 is 1.42 bits per heavy atom. The van der Waals surface area contributed by atoms with Gasteiger partial charge in [-0.15, -0.1) is 0 Å². The SMILES string of the molecule is CCOC(=O)c1cnc2n(c1=O)C(N)C(c1ccc(C#N)cc1)=N2. The summed E-state index contributed by atoms with van der Waals surface area (Å²) in [4.78, 5) is 32.6. The van der Waals surface area contributed by atoms with Gasteiger partial charge in [0, 0.05) is 0 Å². The molecule has 1 unspecified atom stereocenters. The largest absolute Gasteiger partial charge is 0.462 e. The zero-order valence-corrected chi connectivity index (χ0v) is 12.8. The fraction of sp³-hybridized carbons (Fsp3) is 0.188. The summed E-state index contributed by atoms with van der Waals surface area (Å²) in [5, 5.41) is 8.85. The van der Waals surface area contributed by atoms with Crippen molar-refractivity contribution in [2.24, 2.45) is 10.7 Å². The van der Waals surface area contributed by atoms with Crippen LogP contribution in [0.2, 0.25) is 0 Å². The summed E-state index contributed by atoms with van der Waals surface area (Å²) in [7, 11) is 0. The van der Waals surface area contributed by atoms with Gasteiger partial charge in [-0.05, 0) is 24.6 Å². The Balaban J connectivity index is 2.01. The molecule has 1 aliphatic heterocycles. The van der Waals surface area contributed by atoms with Gasteiger partial charge >= 0.3 is 5.97 Å². The van der Waals surface area contributed by atoms with Crippen molar-refractivity contribution in [2.75, 3.05) is 6.61 Å². The summed E-state index contributed by atoms with van der Waals surface area (Å²) in [6, 6.07) is 8.68. The van der Waals surface area contributed by atoms with Gasteiger partial charge in [-0.1, -0.05) is 12.1 Å². The first-order valence-corrected chi connectivity index (χ1v) is 7.20. The first-order valence-electron chi connectivity index (χ1n) is 7.20. The molecule has 2 heterocycles. The topological polar surface area (TPSA) is 123 Å². The lowest BCUT2D eigenvalue weighted by atomic mass is 10.1. The van der Waals surface area contributed by atoms with E-state index in [1.54, 1.807) is 31.2 Å². The standard InChI is InChI=1S/C16H13N5O3/c1-2-24-15(23)11-8-19-16-20-12(13(18)21(16)14(11)22)10-5-3-9(7-17)4-6-10/h3-6,8,13H,2,18H2,1H3. The molecular formula is C16H13N5O3. The van der Waals surface area contributed by atoms with E-state index in [4.69, 9.17) is 15.7 Å². The number of aromatic nitrogens is 2. The molecule has 8 heteroatoms. The third-order valence-corrected chi connectivity index (χ3v) is 3.56. The number of carbonyl (C=O) groups excluding carboxylic acids is 1. The zero-order chi connectivity index (χ0) is 17.3. The Morgan fingerprint density at radius 3 is 2.75 bits per heavy atom. The maximum Gasteiger partial charge on any atom is 0.345 e. The van der Waals surface area contributed by atoms with E-state index in [0.29, 0.717) is 16.8 Å². The Kier molecular flexibility index (Phi) is 3.93. The van der Waals surface area contributed by atoms with E-state index in [1.165, 1.54) is 0 Å². The van der Waals surface area contributed by atoms with E-state index < -0.39 is 17.7 Å². The lowest BCUT2D eigenvalue weighted by Gasteiger charge is -2.12. The summed E-state index contributed by atoms with van der Waals surface area (Å²) in [5.74, 6) is -0.621. The molecule has 8 nitrogen and oxygen atoms in total. The number of hydrogen-bond acceptors (Lipinski definition) is 7. The van der Waals surface area contributed by atoms with Gasteiger partial charge in [0.1, 0.15) is 11.7 Å². The third-order valence-electron chi connectivity index (χ3n) is 3.56. The van der Waals surface area contributed by atoms with Gasteiger partial charge in [-0.25, -0.2) is 14.8 Å². The van der Waals surface area contributed by atoms with Gasteiger partial charge in [-0.2, -0.15) is 5.26 Å². The highest BCUT2D eigenvalue weighted by Gasteiger charge is 2.29. The summed E-state index contributed by atoms with van der Waals surface area (Å²) >= 11 is 0. The van der Waals surface area contributed by atoms with Gasteiger partial charge in [0.05, 0.1) is 30.1 Å². The molecule has 0 fully saturated rings. The molecule has 1 aliphatic rings. The number of esters is 1. The average molecular weight is 323 g/mol. The first kappa shape index (κ1) is 15.6. The highest BCUT2D eigenvalue weighted by atomic mass is 16.5. The minimum Gasteiger partial charge on any atom is -0.462 e. The van der Waals surface area contributed by atoms with Crippen molar-refractivity contribution in [3.8, 4) is 6.07 Å². The molecule has 0 saturated carbocycles. The molecule has 3 rings (SSSR count). The fourth-order valence-corrected chi connectivity index (χ4v) is 2.39. The smallest absolute Gasteiger partial charge is 0.345 e. The molecule has 1 aromatic carbocycles. The molecule has 0 radical (unpaired) electrons. The number of benzene rings is 1. The molecule has 120 valence electrons. The van der Waals surface area contributed by atoms with Crippen LogP contribution in [0.1, 0.15) is 34.6 Å². The molecule has 1 atom stereocenters. The molecular weight excluding hydrogens is 310 g/mol. The van der Waals surface area contributed by atoms with Gasteiger partial charge in [0.2, 0.25) is 5.95 Å². The number of carbonyl (C=O) groups is 1. The van der Waals surface area contributed by atoms with Crippen LogP contribution in [0.25, 0.3) is 0 Å². The van der Waals surface area contributed by atoms with E-state index in [2.05, 4.69) is 9.98 Å². The third kappa shape index (κ3) is 2.47. The summed E-state index contributed by atoms with van der Waals surface area (Å²) in [6.07, 6.45) is 0.270. The lowest BCUT2D eigenvalue weighted by molar-refractivity contribution is 0.0523. The second kappa shape index (κ2) is 6.06. The number of fused-ring (bicyclic) bond motifs is 1. The molecule has 0 aliphatic carbocycles. The van der Waals surface area contributed by atoms with Crippen LogP contribution in [-0.2, 0) is 4.74 Å². The number of nitrogens with zero attached hydrogens (tertiary/aromatic N) is 4. The van der Waals surface area contributed by atoms with Crippen LogP contribution in [-0.4, -0.2) is 27.8 Å². The Bertz CT molecular complexity index is 938. The van der Waals surface area contributed by atoms with Gasteiger partial charge in [0.25, 0.3) is 5.56 Å². The summed E-state index contributed by atoms with van der Waals surface area (Å²) in [6.45, 7) is 1.80. The average Bonchev–Trinajstić information content (AvgIpc) is 2.93. The lowest BCUT2D eigenvalue weighted by Crippen LogP contribution is -2.35. The first-order chi connectivity index (χ1) is 11.6. The highest BCUT2D eigenvalue weighted by molar-refractivity contribution is 6.06. The Labute approximate surface area is 136 Å². The predicted molar refractivity (Wildman–Crippen MR) is 85.0 cm³/mol. The number of nitrogens with two attached hydrogens (primary N) is 1. The van der Waals surface area contributed by atoms with Crippen molar-refractivity contribution in [2.45, 2.75) is 13.1 Å². The number of rotatable bonds is 3. The van der Waals surface area contributed by atoms with Crippen molar-refractivity contribution in [1.29, 1.82) is 5.26 Å². The maximum absolute atomic E-state index is 12.5. The van der Waals surface area contributed by atoms with E-state index in [-0.39, 0.29) is 18.1 Å². The molecule has 2 aromatic rings. The molecule has 1 aromatic heterocycles. The molecule has 0 bridgehead atoms. The fourth-order valence-electron chi connectivity index (χ4n) is 2.39. The van der Waals surface area contributed by atoms with Crippen molar-refractivity contribution in [3.05, 3.63) is 57.5 Å². The van der Waals surface area contributed by atoms with Crippen molar-refractivity contribution in [1.82, 2.24) is 9.55 Å². The van der Waals surface area contributed by atoms with Crippen LogP contribution in [0, 0.1) is 11.3 Å². The second-order valence-electron chi connectivity index (χ2n) is 5.00. The van der Waals surface area contributed by atoms with Crippen LogP contribution in [0.15, 0.2) is 40.2 Å². The Hall–Kier alpha value is -3.31. The van der Waals surface area contributed by atoms with Crippen LogP contribution in [0.4, 0.5) is 5.95 Å². The van der Waals surface area contributed by atoms with Gasteiger partial charge in [-0.3, -0.25) is 9.36 Å². The monoisotopic (exact) mass is 323 g/mol. The number of ether oxygens (including phenoxy) is 1. The van der Waals surface area contributed by atoms with Gasteiger partial charge < -0.3 is 10.5 Å². The molecule has 2 N–H and O–H groups in total. The van der Waals surface area contributed by atoms with Crippen LogP contribution in [0.5, 0.6) is 0 Å². The molecule has 24 heavy (non-hydrogen) atoms. The Morgan fingerprint density at radius 2 is 2.12 bits per heavy atom. The minimum atomic E-state index is -0.873. The summed E-state index contributed by atoms with van der Waals surface area (Å²) < 4.78 is 5.99. The van der Waals surface area contributed by atoms with Crippen LogP contribution >= 0.6 is 0 Å².